The Kier molecular flexibility index (Phi) is 6.10. The summed E-state index contributed by atoms with van der Waals surface area (Å²) >= 11 is 1.83. The van der Waals surface area contributed by atoms with Gasteiger partial charge < -0.3 is 14.2 Å². The minimum atomic E-state index is -0.0495. The number of hydrogen-bond acceptors (Lipinski definition) is 4. The molecule has 1 saturated heterocycles. The lowest BCUT2D eigenvalue weighted by Gasteiger charge is -2.32. The van der Waals surface area contributed by atoms with E-state index in [1.54, 1.807) is 17.7 Å². The number of aromatic nitrogens is 1. The highest BCUT2D eigenvalue weighted by Gasteiger charge is 2.25. The average molecular weight is 365 g/mol. The van der Waals surface area contributed by atoms with Crippen molar-refractivity contribution in [3.05, 3.63) is 28.2 Å². The molecule has 2 heterocycles. The van der Waals surface area contributed by atoms with Crippen molar-refractivity contribution >= 4 is 17.7 Å². The first-order chi connectivity index (χ1) is 12.0. The molecule has 0 atom stereocenters. The molecule has 1 saturated carbocycles. The van der Waals surface area contributed by atoms with E-state index in [1.807, 2.05) is 29.7 Å². The molecule has 5 nitrogen and oxygen atoms in total. The van der Waals surface area contributed by atoms with Crippen molar-refractivity contribution < 1.29 is 9.53 Å². The van der Waals surface area contributed by atoms with Crippen LogP contribution in [-0.2, 0) is 11.8 Å². The maximum atomic E-state index is 12.4. The van der Waals surface area contributed by atoms with Crippen LogP contribution in [0.3, 0.4) is 0 Å². The second kappa shape index (κ2) is 8.30. The lowest BCUT2D eigenvalue weighted by atomic mass is 10.1. The lowest BCUT2D eigenvalue weighted by molar-refractivity contribution is -0.130. The number of thioether (sulfide) groups is 1. The Bertz CT molecular complexity index is 659. The molecule has 1 aromatic heterocycles. The molecule has 0 spiro atoms. The van der Waals surface area contributed by atoms with E-state index in [0.29, 0.717) is 16.8 Å². The number of pyridine rings is 1. The number of nitrogens with zero attached hydrogens (tertiary/aromatic N) is 2. The molecule has 0 radical (unpaired) electrons. The molecule has 25 heavy (non-hydrogen) atoms. The van der Waals surface area contributed by atoms with Gasteiger partial charge in [0.2, 0.25) is 5.91 Å². The Labute approximate surface area is 153 Å². The van der Waals surface area contributed by atoms with E-state index in [9.17, 15) is 9.59 Å². The van der Waals surface area contributed by atoms with Crippen LogP contribution in [-0.4, -0.2) is 45.6 Å². The SMILES string of the molecule is Cc1cc(OC2CCN(C(=O)CSC3CCCC3)CC2)cc(=O)n1C. The number of hydrogen-bond donors (Lipinski definition) is 0. The number of carbonyl (C=O) groups excluding carboxylic acids is 1. The Morgan fingerprint density at radius 2 is 1.88 bits per heavy atom. The molecule has 1 aliphatic carbocycles. The Balaban J connectivity index is 1.45. The van der Waals surface area contributed by atoms with E-state index >= 15 is 0 Å². The summed E-state index contributed by atoms with van der Waals surface area (Å²) in [4.78, 5) is 26.2. The second-order valence-electron chi connectivity index (χ2n) is 7.15. The molecule has 138 valence electrons. The molecule has 2 fully saturated rings. The third-order valence-electron chi connectivity index (χ3n) is 5.32. The van der Waals surface area contributed by atoms with Crippen molar-refractivity contribution in [3.63, 3.8) is 0 Å². The minimum Gasteiger partial charge on any atom is -0.490 e. The third kappa shape index (κ3) is 4.81. The van der Waals surface area contributed by atoms with Crippen molar-refractivity contribution in [2.45, 2.75) is 56.8 Å². The molecule has 3 rings (SSSR count). The second-order valence-corrected chi connectivity index (χ2v) is 8.43. The van der Waals surface area contributed by atoms with Crippen LogP contribution in [0.5, 0.6) is 5.75 Å². The van der Waals surface area contributed by atoms with Gasteiger partial charge in [0.15, 0.2) is 0 Å². The summed E-state index contributed by atoms with van der Waals surface area (Å²) in [6.45, 7) is 3.40. The van der Waals surface area contributed by atoms with E-state index in [4.69, 9.17) is 4.74 Å². The smallest absolute Gasteiger partial charge is 0.254 e. The molecule has 0 unspecified atom stereocenters. The predicted octanol–water partition coefficient (Wildman–Crippen LogP) is 2.74. The van der Waals surface area contributed by atoms with Gasteiger partial charge in [0.05, 0.1) is 5.75 Å². The Morgan fingerprint density at radius 1 is 1.20 bits per heavy atom. The van der Waals surface area contributed by atoms with Gasteiger partial charge in [0.25, 0.3) is 5.56 Å². The van der Waals surface area contributed by atoms with Crippen LogP contribution in [0.2, 0.25) is 0 Å². The van der Waals surface area contributed by atoms with Crippen LogP contribution in [0.25, 0.3) is 0 Å². The lowest BCUT2D eigenvalue weighted by Crippen LogP contribution is -2.42. The van der Waals surface area contributed by atoms with E-state index < -0.39 is 0 Å². The van der Waals surface area contributed by atoms with E-state index in [1.165, 1.54) is 25.7 Å². The van der Waals surface area contributed by atoms with Gasteiger partial charge in [-0.3, -0.25) is 9.59 Å². The molecule has 1 amide bonds. The quantitative estimate of drug-likeness (QED) is 0.806. The van der Waals surface area contributed by atoms with Crippen LogP contribution in [0.15, 0.2) is 16.9 Å². The number of ether oxygens (including phenoxy) is 1. The van der Waals surface area contributed by atoms with Gasteiger partial charge in [-0.15, -0.1) is 11.8 Å². The van der Waals surface area contributed by atoms with Crippen LogP contribution in [0.4, 0.5) is 0 Å². The molecule has 0 aromatic carbocycles. The van der Waals surface area contributed by atoms with E-state index in [-0.39, 0.29) is 17.6 Å². The highest BCUT2D eigenvalue weighted by Crippen LogP contribution is 2.29. The van der Waals surface area contributed by atoms with Gasteiger partial charge in [-0.1, -0.05) is 12.8 Å². The zero-order chi connectivity index (χ0) is 17.8. The first-order valence-electron chi connectivity index (χ1n) is 9.26. The van der Waals surface area contributed by atoms with Gasteiger partial charge >= 0.3 is 0 Å². The zero-order valence-electron chi connectivity index (χ0n) is 15.2. The summed E-state index contributed by atoms with van der Waals surface area (Å²) in [6.07, 6.45) is 6.90. The summed E-state index contributed by atoms with van der Waals surface area (Å²) in [5.74, 6) is 1.52. The van der Waals surface area contributed by atoms with Crippen molar-refractivity contribution in [2.75, 3.05) is 18.8 Å². The summed E-state index contributed by atoms with van der Waals surface area (Å²) in [7, 11) is 1.76. The van der Waals surface area contributed by atoms with Crippen molar-refractivity contribution in [2.24, 2.45) is 7.05 Å². The Hall–Kier alpha value is -1.43. The summed E-state index contributed by atoms with van der Waals surface area (Å²) in [6, 6.07) is 3.44. The molecule has 2 aliphatic rings. The minimum absolute atomic E-state index is 0.0495. The van der Waals surface area contributed by atoms with Crippen LogP contribution in [0.1, 0.15) is 44.2 Å². The largest absolute Gasteiger partial charge is 0.490 e. The van der Waals surface area contributed by atoms with Gasteiger partial charge in [-0.05, 0) is 25.8 Å². The molecule has 0 bridgehead atoms. The third-order valence-corrected chi connectivity index (χ3v) is 6.68. The maximum Gasteiger partial charge on any atom is 0.254 e. The number of carbonyl (C=O) groups is 1. The highest BCUT2D eigenvalue weighted by atomic mass is 32.2. The number of aryl methyl sites for hydroxylation is 1. The molecule has 6 heteroatoms. The van der Waals surface area contributed by atoms with Gasteiger partial charge in [0, 0.05) is 50.0 Å². The van der Waals surface area contributed by atoms with Crippen LogP contribution in [0, 0.1) is 6.92 Å². The molecule has 0 N–H and O–H groups in total. The zero-order valence-corrected chi connectivity index (χ0v) is 16.0. The van der Waals surface area contributed by atoms with E-state index in [0.717, 1.165) is 31.6 Å². The van der Waals surface area contributed by atoms with Gasteiger partial charge in [0.1, 0.15) is 11.9 Å². The fourth-order valence-electron chi connectivity index (χ4n) is 3.56. The van der Waals surface area contributed by atoms with Gasteiger partial charge in [-0.25, -0.2) is 0 Å². The standard InChI is InChI=1S/C19H28N2O3S/c1-14-11-16(12-18(22)20(14)2)24-15-7-9-21(10-8-15)19(23)13-25-17-5-3-4-6-17/h11-12,15,17H,3-10,13H2,1-2H3. The van der Waals surface area contributed by atoms with Crippen molar-refractivity contribution in [1.29, 1.82) is 0 Å². The predicted molar refractivity (Wildman–Crippen MR) is 101 cm³/mol. The number of amides is 1. The number of piperidine rings is 1. The molecule has 1 aliphatic heterocycles. The Morgan fingerprint density at radius 3 is 2.52 bits per heavy atom. The van der Waals surface area contributed by atoms with Crippen molar-refractivity contribution in [1.82, 2.24) is 9.47 Å². The summed E-state index contributed by atoms with van der Waals surface area (Å²) < 4.78 is 7.59. The highest BCUT2D eigenvalue weighted by molar-refractivity contribution is 8.00. The molecular formula is C19H28N2O3S. The van der Waals surface area contributed by atoms with Crippen LogP contribution < -0.4 is 10.3 Å². The fourth-order valence-corrected chi connectivity index (χ4v) is 4.78. The monoisotopic (exact) mass is 364 g/mol. The topological polar surface area (TPSA) is 51.5 Å². The van der Waals surface area contributed by atoms with Crippen molar-refractivity contribution in [3.8, 4) is 5.75 Å². The maximum absolute atomic E-state index is 12.4. The average Bonchev–Trinajstić information content (AvgIpc) is 3.12. The number of likely N-dealkylation sites (tertiary alicyclic amines) is 1. The fraction of sp³-hybridized carbons (Fsp3) is 0.684. The summed E-state index contributed by atoms with van der Waals surface area (Å²) in [5.41, 5.74) is 0.839. The first-order valence-corrected chi connectivity index (χ1v) is 10.3. The summed E-state index contributed by atoms with van der Waals surface area (Å²) in [5, 5.41) is 0.689. The molecular weight excluding hydrogens is 336 g/mol. The number of rotatable bonds is 5. The van der Waals surface area contributed by atoms with E-state index in [2.05, 4.69) is 0 Å². The first kappa shape index (κ1) is 18.4. The normalized spacial score (nSPS) is 19.4. The molecule has 1 aromatic rings. The van der Waals surface area contributed by atoms with Gasteiger partial charge in [-0.2, -0.15) is 0 Å². The van der Waals surface area contributed by atoms with Crippen LogP contribution >= 0.6 is 11.8 Å².